The summed E-state index contributed by atoms with van der Waals surface area (Å²) in [7, 11) is 1.87. The minimum atomic E-state index is -0.177. The minimum Gasteiger partial charge on any atom is -0.321 e. The van der Waals surface area contributed by atoms with E-state index in [2.05, 4.69) is 20.2 Å². The third-order valence-corrected chi connectivity index (χ3v) is 2.88. The fraction of sp³-hybridized carbons (Fsp3) is 0.182. The van der Waals surface area contributed by atoms with E-state index >= 15 is 0 Å². The lowest BCUT2D eigenvalue weighted by Crippen LogP contribution is -2.14. The van der Waals surface area contributed by atoms with Gasteiger partial charge in [0, 0.05) is 12.2 Å². The predicted octanol–water partition coefficient (Wildman–Crippen LogP) is 1.51. The summed E-state index contributed by atoms with van der Waals surface area (Å²) in [6.45, 7) is 0.706. The predicted molar refractivity (Wildman–Crippen MR) is 67.1 cm³/mol. The molecule has 2 N–H and O–H groups in total. The number of carbonyl (C=O) groups is 1. The molecule has 0 fully saturated rings. The topological polar surface area (TPSA) is 66.9 Å². The molecule has 0 saturated heterocycles. The van der Waals surface area contributed by atoms with Gasteiger partial charge in [0.2, 0.25) is 0 Å². The van der Waals surface area contributed by atoms with Crippen LogP contribution in [0, 0.1) is 0 Å². The molecular weight excluding hydrogens is 236 g/mol. The maximum Gasteiger partial charge on any atom is 0.269 e. The van der Waals surface area contributed by atoms with Gasteiger partial charge in [0.25, 0.3) is 5.91 Å². The number of hydrogen-bond donors (Lipinski definition) is 2. The van der Waals surface area contributed by atoms with Crippen molar-refractivity contribution < 1.29 is 4.79 Å². The normalized spacial score (nSPS) is 10.2. The number of benzene rings is 1. The van der Waals surface area contributed by atoms with Gasteiger partial charge in [-0.15, -0.1) is 5.10 Å². The van der Waals surface area contributed by atoms with Crippen LogP contribution in [-0.4, -0.2) is 22.5 Å². The molecule has 0 radical (unpaired) electrons. The lowest BCUT2D eigenvalue weighted by molar-refractivity contribution is 0.103. The van der Waals surface area contributed by atoms with Crippen LogP contribution in [0.5, 0.6) is 0 Å². The van der Waals surface area contributed by atoms with Gasteiger partial charge in [0.05, 0.1) is 6.20 Å². The summed E-state index contributed by atoms with van der Waals surface area (Å²) in [5.74, 6) is -0.177. The van der Waals surface area contributed by atoms with Crippen molar-refractivity contribution in [1.29, 1.82) is 0 Å². The number of aromatic nitrogens is 2. The molecule has 6 heteroatoms. The molecule has 0 aliphatic carbocycles. The fourth-order valence-electron chi connectivity index (χ4n) is 1.44. The summed E-state index contributed by atoms with van der Waals surface area (Å²) >= 11 is 1.08. The zero-order chi connectivity index (χ0) is 12.1. The van der Waals surface area contributed by atoms with E-state index in [1.54, 1.807) is 0 Å². The van der Waals surface area contributed by atoms with Gasteiger partial charge < -0.3 is 10.6 Å². The minimum absolute atomic E-state index is 0.177. The molecular formula is C11H12N4OS. The highest BCUT2D eigenvalue weighted by Gasteiger charge is 2.10. The molecule has 2 rings (SSSR count). The number of carbonyl (C=O) groups excluding carboxylic acids is 1. The van der Waals surface area contributed by atoms with Crippen molar-refractivity contribution in [3.63, 3.8) is 0 Å². The number of anilines is 1. The number of rotatable bonds is 4. The highest BCUT2D eigenvalue weighted by Crippen LogP contribution is 2.16. The smallest absolute Gasteiger partial charge is 0.269 e. The zero-order valence-corrected chi connectivity index (χ0v) is 10.1. The van der Waals surface area contributed by atoms with Crippen LogP contribution in [0.2, 0.25) is 0 Å². The van der Waals surface area contributed by atoms with Crippen LogP contribution in [0.4, 0.5) is 5.69 Å². The van der Waals surface area contributed by atoms with Crippen LogP contribution in [0.3, 0.4) is 0 Å². The van der Waals surface area contributed by atoms with Gasteiger partial charge in [-0.05, 0) is 30.2 Å². The highest BCUT2D eigenvalue weighted by molar-refractivity contribution is 7.07. The van der Waals surface area contributed by atoms with E-state index in [1.807, 2.05) is 31.3 Å². The summed E-state index contributed by atoms with van der Waals surface area (Å²) in [4.78, 5) is 12.3. The molecule has 1 amide bonds. The molecule has 0 atom stereocenters. The summed E-state index contributed by atoms with van der Waals surface area (Å²) in [5, 5.41) is 9.55. The molecule has 1 heterocycles. The first-order valence-electron chi connectivity index (χ1n) is 5.12. The highest BCUT2D eigenvalue weighted by atomic mass is 32.1. The van der Waals surface area contributed by atoms with Crippen molar-refractivity contribution in [3.8, 4) is 0 Å². The molecule has 0 unspecified atom stereocenters. The maximum atomic E-state index is 11.8. The molecule has 0 saturated carbocycles. The molecule has 2 aromatic rings. The van der Waals surface area contributed by atoms with Gasteiger partial charge in [0.1, 0.15) is 4.88 Å². The molecule has 1 aromatic heterocycles. The quantitative estimate of drug-likeness (QED) is 0.860. The molecule has 5 nitrogen and oxygen atoms in total. The first kappa shape index (κ1) is 11.7. The standard InChI is InChI=1S/C11H12N4OS/c1-12-6-8-4-2-3-5-9(8)14-11(16)10-7-13-15-17-10/h2-5,7,12H,6H2,1H3,(H,14,16). The van der Waals surface area contributed by atoms with E-state index in [0.717, 1.165) is 22.8 Å². The maximum absolute atomic E-state index is 11.8. The van der Waals surface area contributed by atoms with Gasteiger partial charge in [0.15, 0.2) is 0 Å². The number of nitrogens with zero attached hydrogens (tertiary/aromatic N) is 2. The largest absolute Gasteiger partial charge is 0.321 e. The Bertz CT molecular complexity index is 498. The second-order valence-electron chi connectivity index (χ2n) is 3.42. The van der Waals surface area contributed by atoms with Crippen molar-refractivity contribution in [2.75, 3.05) is 12.4 Å². The Kier molecular flexibility index (Phi) is 3.79. The molecule has 0 bridgehead atoms. The van der Waals surface area contributed by atoms with Crippen LogP contribution in [0.15, 0.2) is 30.5 Å². The molecule has 0 aliphatic heterocycles. The second-order valence-corrected chi connectivity index (χ2v) is 4.21. The molecule has 1 aromatic carbocycles. The van der Waals surface area contributed by atoms with Crippen LogP contribution < -0.4 is 10.6 Å². The van der Waals surface area contributed by atoms with Gasteiger partial charge in [-0.1, -0.05) is 22.7 Å². The van der Waals surface area contributed by atoms with Crippen LogP contribution in [-0.2, 0) is 6.54 Å². The Morgan fingerprint density at radius 2 is 2.24 bits per heavy atom. The number of hydrogen-bond acceptors (Lipinski definition) is 5. The zero-order valence-electron chi connectivity index (χ0n) is 9.30. The summed E-state index contributed by atoms with van der Waals surface area (Å²) in [6, 6.07) is 7.67. The summed E-state index contributed by atoms with van der Waals surface area (Å²) in [6.07, 6.45) is 1.46. The van der Waals surface area contributed by atoms with Gasteiger partial charge in [-0.25, -0.2) is 0 Å². The van der Waals surface area contributed by atoms with Crippen molar-refractivity contribution >= 4 is 23.1 Å². The Morgan fingerprint density at radius 1 is 1.41 bits per heavy atom. The van der Waals surface area contributed by atoms with Crippen molar-refractivity contribution in [2.45, 2.75) is 6.54 Å². The third kappa shape index (κ3) is 2.86. The molecule has 0 aliphatic rings. The Labute approximate surface area is 103 Å². The Balaban J connectivity index is 2.15. The van der Waals surface area contributed by atoms with E-state index in [-0.39, 0.29) is 5.91 Å². The lowest BCUT2D eigenvalue weighted by Gasteiger charge is -2.09. The van der Waals surface area contributed by atoms with E-state index in [1.165, 1.54) is 6.20 Å². The average molecular weight is 248 g/mol. The molecule has 17 heavy (non-hydrogen) atoms. The number of para-hydroxylation sites is 1. The van der Waals surface area contributed by atoms with E-state index in [4.69, 9.17) is 0 Å². The van der Waals surface area contributed by atoms with E-state index in [9.17, 15) is 4.79 Å². The SMILES string of the molecule is CNCc1ccccc1NC(=O)c1cnns1. The first-order chi connectivity index (χ1) is 8.31. The first-order valence-corrected chi connectivity index (χ1v) is 5.90. The molecule has 0 spiro atoms. The van der Waals surface area contributed by atoms with Crippen LogP contribution in [0.1, 0.15) is 15.2 Å². The third-order valence-electron chi connectivity index (χ3n) is 2.22. The van der Waals surface area contributed by atoms with Gasteiger partial charge in [-0.2, -0.15) is 0 Å². The Hall–Kier alpha value is -1.79. The summed E-state index contributed by atoms with van der Waals surface area (Å²) < 4.78 is 3.66. The second kappa shape index (κ2) is 5.51. The van der Waals surface area contributed by atoms with Gasteiger partial charge >= 0.3 is 0 Å². The lowest BCUT2D eigenvalue weighted by atomic mass is 10.1. The average Bonchev–Trinajstić information content (AvgIpc) is 2.85. The summed E-state index contributed by atoms with van der Waals surface area (Å²) in [5.41, 5.74) is 1.85. The van der Waals surface area contributed by atoms with Gasteiger partial charge in [-0.3, -0.25) is 4.79 Å². The van der Waals surface area contributed by atoms with E-state index in [0.29, 0.717) is 11.4 Å². The number of amides is 1. The molecule has 88 valence electrons. The fourth-order valence-corrected chi connectivity index (χ4v) is 1.85. The van der Waals surface area contributed by atoms with Crippen molar-refractivity contribution in [3.05, 3.63) is 40.9 Å². The monoisotopic (exact) mass is 248 g/mol. The van der Waals surface area contributed by atoms with Crippen molar-refractivity contribution in [1.82, 2.24) is 14.9 Å². The van der Waals surface area contributed by atoms with Crippen molar-refractivity contribution in [2.24, 2.45) is 0 Å². The van der Waals surface area contributed by atoms with Crippen LogP contribution in [0.25, 0.3) is 0 Å². The van der Waals surface area contributed by atoms with Crippen LogP contribution >= 0.6 is 11.5 Å². The number of nitrogens with one attached hydrogen (secondary N) is 2. The van der Waals surface area contributed by atoms with E-state index < -0.39 is 0 Å². The Morgan fingerprint density at radius 3 is 2.94 bits per heavy atom.